The number of carboxylic acids is 1. The summed E-state index contributed by atoms with van der Waals surface area (Å²) in [6, 6.07) is 6.52. The lowest BCUT2D eigenvalue weighted by atomic mass is 9.81. The van der Waals surface area contributed by atoms with Gasteiger partial charge in [0.15, 0.2) is 0 Å². The summed E-state index contributed by atoms with van der Waals surface area (Å²) in [7, 11) is 1.92. The molecular weight excluding hydrogens is 432 g/mol. The molecule has 1 aromatic heterocycles. The normalized spacial score (nSPS) is 27.1. The van der Waals surface area contributed by atoms with E-state index < -0.39 is 5.97 Å². The second kappa shape index (κ2) is 9.49. The quantitative estimate of drug-likeness (QED) is 0.656. The Balaban J connectivity index is 1.21. The highest BCUT2D eigenvalue weighted by Gasteiger charge is 2.32. The first kappa shape index (κ1) is 23.0. The highest BCUT2D eigenvalue weighted by Crippen LogP contribution is 2.35. The Bertz CT molecular complexity index is 1090. The molecule has 5 rings (SSSR count). The van der Waals surface area contributed by atoms with Crippen LogP contribution in [0, 0.1) is 11.8 Å². The van der Waals surface area contributed by atoms with Gasteiger partial charge in [-0.2, -0.15) is 5.10 Å². The number of nitrogens with one attached hydrogen (secondary N) is 1. The molecule has 182 valence electrons. The number of likely N-dealkylation sites (tertiary alicyclic amines) is 1. The molecule has 2 saturated heterocycles. The lowest BCUT2D eigenvalue weighted by molar-refractivity contribution is -0.143. The molecule has 0 bridgehead atoms. The number of rotatable bonds is 5. The molecule has 2 amide bonds. The largest absolute Gasteiger partial charge is 0.481 e. The molecule has 8 nitrogen and oxygen atoms in total. The molecule has 2 aromatic rings. The van der Waals surface area contributed by atoms with Crippen LogP contribution in [0.1, 0.15) is 74.5 Å². The van der Waals surface area contributed by atoms with Crippen molar-refractivity contribution < 1.29 is 19.5 Å². The van der Waals surface area contributed by atoms with Crippen molar-refractivity contribution in [2.75, 3.05) is 19.6 Å². The number of carbonyl (C=O) groups excluding carboxylic acids is 2. The van der Waals surface area contributed by atoms with Gasteiger partial charge in [-0.1, -0.05) is 12.1 Å². The molecule has 34 heavy (non-hydrogen) atoms. The third-order valence-corrected chi connectivity index (χ3v) is 8.24. The third-order valence-electron chi connectivity index (χ3n) is 8.24. The predicted octanol–water partition coefficient (Wildman–Crippen LogP) is 3.16. The van der Waals surface area contributed by atoms with Crippen molar-refractivity contribution in [3.63, 3.8) is 0 Å². The third kappa shape index (κ3) is 4.60. The van der Waals surface area contributed by atoms with Gasteiger partial charge in [0.25, 0.3) is 0 Å². The molecule has 3 heterocycles. The summed E-state index contributed by atoms with van der Waals surface area (Å²) in [5.41, 5.74) is 3.13. The molecule has 1 aliphatic carbocycles. The Labute approximate surface area is 199 Å². The van der Waals surface area contributed by atoms with Gasteiger partial charge in [-0.25, -0.2) is 0 Å². The summed E-state index contributed by atoms with van der Waals surface area (Å²) < 4.78 is 1.86. The first-order valence-corrected chi connectivity index (χ1v) is 12.6. The summed E-state index contributed by atoms with van der Waals surface area (Å²) >= 11 is 0. The van der Waals surface area contributed by atoms with E-state index in [1.807, 2.05) is 11.7 Å². The van der Waals surface area contributed by atoms with E-state index in [1.54, 1.807) is 0 Å². The second-order valence-corrected chi connectivity index (χ2v) is 10.4. The zero-order valence-electron chi connectivity index (χ0n) is 19.8. The fraction of sp³-hybridized carbons (Fsp3) is 0.615. The van der Waals surface area contributed by atoms with E-state index in [-0.39, 0.29) is 23.7 Å². The first-order valence-electron chi connectivity index (χ1n) is 12.6. The van der Waals surface area contributed by atoms with Gasteiger partial charge in [-0.15, -0.1) is 0 Å². The van der Waals surface area contributed by atoms with Gasteiger partial charge in [0.05, 0.1) is 23.0 Å². The summed E-state index contributed by atoms with van der Waals surface area (Å²) in [5, 5.41) is 17.3. The van der Waals surface area contributed by atoms with Crippen molar-refractivity contribution in [1.29, 1.82) is 0 Å². The van der Waals surface area contributed by atoms with Gasteiger partial charge in [-0.3, -0.25) is 24.4 Å². The SMILES string of the molecule is Cn1nc(C2CCC(=O)NC2=O)c2ccc(C3CCN(CC4CCC(C(=O)O)CC4)CC3)cc21. The Morgan fingerprint density at radius 1 is 1.09 bits per heavy atom. The standard InChI is InChI=1S/C26H34N4O4/c1-29-22-14-19(6-7-20(22)24(28-29)21-8-9-23(31)27-25(21)32)17-10-12-30(13-11-17)15-16-2-4-18(5-3-16)26(33)34/h6-7,14,16-18,21H,2-5,8-13,15H2,1H3,(H,33,34)(H,27,31,32). The maximum Gasteiger partial charge on any atom is 0.306 e. The fourth-order valence-corrected chi connectivity index (χ4v) is 6.17. The van der Waals surface area contributed by atoms with Gasteiger partial charge in [0.2, 0.25) is 11.8 Å². The molecule has 1 saturated carbocycles. The summed E-state index contributed by atoms with van der Waals surface area (Å²) in [6.45, 7) is 3.25. The van der Waals surface area contributed by atoms with Crippen molar-refractivity contribution in [2.24, 2.45) is 18.9 Å². The smallest absolute Gasteiger partial charge is 0.306 e. The number of carbonyl (C=O) groups is 3. The van der Waals surface area contributed by atoms with Crippen LogP contribution in [0.4, 0.5) is 0 Å². The molecule has 2 N–H and O–H groups in total. The Morgan fingerprint density at radius 3 is 2.50 bits per heavy atom. The maximum atomic E-state index is 12.4. The number of fused-ring (bicyclic) bond motifs is 1. The van der Waals surface area contributed by atoms with Gasteiger partial charge < -0.3 is 10.0 Å². The number of amides is 2. The van der Waals surface area contributed by atoms with Gasteiger partial charge in [-0.05, 0) is 81.5 Å². The van der Waals surface area contributed by atoms with E-state index in [9.17, 15) is 19.5 Å². The molecule has 3 aliphatic rings. The van der Waals surface area contributed by atoms with Crippen LogP contribution >= 0.6 is 0 Å². The summed E-state index contributed by atoms with van der Waals surface area (Å²) in [4.78, 5) is 37.7. The van der Waals surface area contributed by atoms with Crippen molar-refractivity contribution >= 4 is 28.7 Å². The van der Waals surface area contributed by atoms with E-state index in [2.05, 4.69) is 33.5 Å². The van der Waals surface area contributed by atoms with Crippen LogP contribution in [0.25, 0.3) is 10.9 Å². The van der Waals surface area contributed by atoms with Crippen LogP contribution in [-0.4, -0.2) is 57.2 Å². The number of aryl methyl sites for hydroxylation is 1. The monoisotopic (exact) mass is 466 g/mol. The molecule has 2 aliphatic heterocycles. The number of aliphatic carboxylic acids is 1. The minimum absolute atomic E-state index is 0.139. The average Bonchev–Trinajstić information content (AvgIpc) is 3.15. The zero-order chi connectivity index (χ0) is 23.8. The number of piperidine rings is 2. The number of aromatic nitrogens is 2. The Hall–Kier alpha value is -2.74. The molecule has 1 unspecified atom stereocenters. The van der Waals surface area contributed by atoms with Crippen molar-refractivity contribution in [3.8, 4) is 0 Å². The first-order chi connectivity index (χ1) is 16.4. The van der Waals surface area contributed by atoms with Gasteiger partial charge in [0.1, 0.15) is 0 Å². The van der Waals surface area contributed by atoms with E-state index in [0.29, 0.717) is 24.7 Å². The van der Waals surface area contributed by atoms with Crippen molar-refractivity contribution in [3.05, 3.63) is 29.5 Å². The molecule has 8 heteroatoms. The number of imide groups is 1. The number of carboxylic acid groups (broad SMARTS) is 1. The van der Waals surface area contributed by atoms with E-state index >= 15 is 0 Å². The van der Waals surface area contributed by atoms with Crippen LogP contribution in [0.5, 0.6) is 0 Å². The second-order valence-electron chi connectivity index (χ2n) is 10.4. The number of hydrogen-bond donors (Lipinski definition) is 2. The Kier molecular flexibility index (Phi) is 6.42. The highest BCUT2D eigenvalue weighted by molar-refractivity contribution is 6.02. The lowest BCUT2D eigenvalue weighted by Gasteiger charge is -2.36. The van der Waals surface area contributed by atoms with E-state index in [1.165, 1.54) is 5.56 Å². The fourth-order valence-electron chi connectivity index (χ4n) is 6.17. The topological polar surface area (TPSA) is 105 Å². The van der Waals surface area contributed by atoms with Crippen molar-refractivity contribution in [2.45, 2.75) is 63.2 Å². The molecule has 0 spiro atoms. The summed E-state index contributed by atoms with van der Waals surface area (Å²) in [5.74, 6) is -0.456. The number of nitrogens with zero attached hydrogens (tertiary/aromatic N) is 3. The minimum atomic E-state index is -0.631. The van der Waals surface area contributed by atoms with E-state index in [4.69, 9.17) is 0 Å². The van der Waals surface area contributed by atoms with Crippen LogP contribution in [0.2, 0.25) is 0 Å². The molecule has 3 fully saturated rings. The minimum Gasteiger partial charge on any atom is -0.481 e. The van der Waals surface area contributed by atoms with Crippen LogP contribution in [-0.2, 0) is 21.4 Å². The zero-order valence-corrected chi connectivity index (χ0v) is 19.8. The van der Waals surface area contributed by atoms with Gasteiger partial charge in [0, 0.05) is 25.4 Å². The Morgan fingerprint density at radius 2 is 1.82 bits per heavy atom. The number of hydrogen-bond acceptors (Lipinski definition) is 5. The lowest BCUT2D eigenvalue weighted by Crippen LogP contribution is -2.39. The van der Waals surface area contributed by atoms with E-state index in [0.717, 1.165) is 74.8 Å². The van der Waals surface area contributed by atoms with Crippen molar-refractivity contribution in [1.82, 2.24) is 20.0 Å². The molecule has 1 aromatic carbocycles. The number of benzene rings is 1. The van der Waals surface area contributed by atoms with Crippen LogP contribution < -0.4 is 5.32 Å². The predicted molar refractivity (Wildman–Crippen MR) is 127 cm³/mol. The maximum absolute atomic E-state index is 12.4. The molecular formula is C26H34N4O4. The average molecular weight is 467 g/mol. The van der Waals surface area contributed by atoms with Gasteiger partial charge >= 0.3 is 5.97 Å². The highest BCUT2D eigenvalue weighted by atomic mass is 16.4. The van der Waals surface area contributed by atoms with Crippen LogP contribution in [0.3, 0.4) is 0 Å². The molecule has 0 radical (unpaired) electrons. The summed E-state index contributed by atoms with van der Waals surface area (Å²) in [6.07, 6.45) is 6.81. The van der Waals surface area contributed by atoms with Crippen LogP contribution in [0.15, 0.2) is 18.2 Å². The molecule has 1 atom stereocenters.